The molecule has 0 atom stereocenters. The van der Waals surface area contributed by atoms with E-state index in [1.165, 1.54) is 0 Å². The summed E-state index contributed by atoms with van der Waals surface area (Å²) in [7, 11) is 0. The molecule has 0 radical (unpaired) electrons. The number of aromatic nitrogens is 3. The van der Waals surface area contributed by atoms with Crippen LogP contribution in [0.3, 0.4) is 0 Å². The molecule has 0 unspecified atom stereocenters. The van der Waals surface area contributed by atoms with Gasteiger partial charge in [0.15, 0.2) is 0 Å². The summed E-state index contributed by atoms with van der Waals surface area (Å²) in [5, 5.41) is 9.68. The number of furan rings is 1. The standard InChI is InChI=1S/C18H14N4O3/c1-11-9-25-18(19-11)12-3-2-4-14(7-12)20-17(23)16-8-15(21-22-16)13-5-6-24-10-13/h2-10H,1H3,(H,20,23)(H,21,22). The molecular formula is C18H14N4O3. The quantitative estimate of drug-likeness (QED) is 0.590. The number of hydrogen-bond donors (Lipinski definition) is 2. The van der Waals surface area contributed by atoms with Gasteiger partial charge in [-0.25, -0.2) is 4.98 Å². The van der Waals surface area contributed by atoms with E-state index >= 15 is 0 Å². The summed E-state index contributed by atoms with van der Waals surface area (Å²) in [6, 6.07) is 10.7. The van der Waals surface area contributed by atoms with E-state index in [2.05, 4.69) is 20.5 Å². The molecule has 1 amide bonds. The van der Waals surface area contributed by atoms with Gasteiger partial charge in [0.25, 0.3) is 5.91 Å². The van der Waals surface area contributed by atoms with E-state index in [0.717, 1.165) is 16.8 Å². The molecule has 0 fully saturated rings. The fourth-order valence-corrected chi connectivity index (χ4v) is 2.41. The molecule has 0 aliphatic heterocycles. The van der Waals surface area contributed by atoms with Crippen molar-refractivity contribution in [3.05, 3.63) is 66.6 Å². The van der Waals surface area contributed by atoms with Crippen LogP contribution < -0.4 is 5.32 Å². The maximum absolute atomic E-state index is 12.4. The number of amides is 1. The van der Waals surface area contributed by atoms with Crippen LogP contribution >= 0.6 is 0 Å². The number of carbonyl (C=O) groups is 1. The molecule has 4 aromatic rings. The summed E-state index contributed by atoms with van der Waals surface area (Å²) in [5.74, 6) is 0.223. The first-order valence-corrected chi connectivity index (χ1v) is 7.61. The first-order chi connectivity index (χ1) is 12.2. The molecule has 25 heavy (non-hydrogen) atoms. The highest BCUT2D eigenvalue weighted by molar-refractivity contribution is 6.03. The van der Waals surface area contributed by atoms with Crippen LogP contribution in [0.2, 0.25) is 0 Å². The van der Waals surface area contributed by atoms with Crippen LogP contribution in [0, 0.1) is 6.92 Å². The molecule has 4 rings (SSSR count). The van der Waals surface area contributed by atoms with Crippen molar-refractivity contribution in [3.8, 4) is 22.7 Å². The van der Waals surface area contributed by atoms with Crippen LogP contribution in [0.1, 0.15) is 16.2 Å². The largest absolute Gasteiger partial charge is 0.472 e. The Morgan fingerprint density at radius 1 is 1.16 bits per heavy atom. The third-order valence-electron chi connectivity index (χ3n) is 3.63. The van der Waals surface area contributed by atoms with Gasteiger partial charge in [0.2, 0.25) is 5.89 Å². The first kappa shape index (κ1) is 14.9. The Hall–Kier alpha value is -3.61. The lowest BCUT2D eigenvalue weighted by molar-refractivity contribution is 0.102. The minimum Gasteiger partial charge on any atom is -0.472 e. The smallest absolute Gasteiger partial charge is 0.273 e. The van der Waals surface area contributed by atoms with Crippen molar-refractivity contribution in [3.63, 3.8) is 0 Å². The van der Waals surface area contributed by atoms with E-state index in [1.807, 2.05) is 19.1 Å². The third-order valence-corrected chi connectivity index (χ3v) is 3.63. The minimum absolute atomic E-state index is 0.289. The number of rotatable bonds is 4. The Morgan fingerprint density at radius 3 is 2.84 bits per heavy atom. The maximum atomic E-state index is 12.4. The molecule has 2 N–H and O–H groups in total. The molecule has 7 heteroatoms. The van der Waals surface area contributed by atoms with Crippen LogP contribution in [0.4, 0.5) is 5.69 Å². The Morgan fingerprint density at radius 2 is 2.08 bits per heavy atom. The van der Waals surface area contributed by atoms with Crippen LogP contribution in [-0.2, 0) is 0 Å². The molecule has 3 heterocycles. The summed E-state index contributed by atoms with van der Waals surface area (Å²) in [5.41, 5.74) is 4.02. The fourth-order valence-electron chi connectivity index (χ4n) is 2.41. The van der Waals surface area contributed by atoms with Crippen molar-refractivity contribution >= 4 is 11.6 Å². The number of aryl methyl sites for hydroxylation is 1. The molecule has 0 spiro atoms. The van der Waals surface area contributed by atoms with Crippen LogP contribution in [0.15, 0.2) is 64.0 Å². The summed E-state index contributed by atoms with van der Waals surface area (Å²) in [6.45, 7) is 1.86. The zero-order chi connectivity index (χ0) is 17.2. The van der Waals surface area contributed by atoms with Crippen LogP contribution in [0.25, 0.3) is 22.7 Å². The monoisotopic (exact) mass is 334 g/mol. The molecule has 0 aliphatic carbocycles. The van der Waals surface area contributed by atoms with Gasteiger partial charge in [-0.05, 0) is 37.3 Å². The van der Waals surface area contributed by atoms with E-state index in [-0.39, 0.29) is 5.91 Å². The number of oxazole rings is 1. The molecule has 1 aromatic carbocycles. The highest BCUT2D eigenvalue weighted by Crippen LogP contribution is 2.23. The topological polar surface area (TPSA) is 97.0 Å². The Labute approximate surface area is 142 Å². The van der Waals surface area contributed by atoms with Gasteiger partial charge in [0, 0.05) is 16.8 Å². The van der Waals surface area contributed by atoms with E-state index in [1.54, 1.807) is 43.1 Å². The van der Waals surface area contributed by atoms with E-state index in [9.17, 15) is 4.79 Å². The van der Waals surface area contributed by atoms with Gasteiger partial charge in [0.1, 0.15) is 12.0 Å². The van der Waals surface area contributed by atoms with Crippen molar-refractivity contribution in [2.24, 2.45) is 0 Å². The predicted octanol–water partition coefficient (Wildman–Crippen LogP) is 3.89. The lowest BCUT2D eigenvalue weighted by Gasteiger charge is -2.04. The lowest BCUT2D eigenvalue weighted by Crippen LogP contribution is -2.12. The lowest BCUT2D eigenvalue weighted by atomic mass is 10.2. The first-order valence-electron chi connectivity index (χ1n) is 7.61. The molecule has 0 saturated heterocycles. The fraction of sp³-hybridized carbons (Fsp3) is 0.0556. The maximum Gasteiger partial charge on any atom is 0.273 e. The average Bonchev–Trinajstić information content (AvgIpc) is 3.36. The van der Waals surface area contributed by atoms with Crippen molar-refractivity contribution in [2.45, 2.75) is 6.92 Å². The van der Waals surface area contributed by atoms with Gasteiger partial charge in [-0.2, -0.15) is 5.10 Å². The zero-order valence-electron chi connectivity index (χ0n) is 13.3. The summed E-state index contributed by atoms with van der Waals surface area (Å²) in [6.07, 6.45) is 4.71. The normalized spacial score (nSPS) is 10.8. The number of carbonyl (C=O) groups excluding carboxylic acids is 1. The second-order valence-electron chi connectivity index (χ2n) is 5.51. The van der Waals surface area contributed by atoms with Crippen molar-refractivity contribution in [1.29, 1.82) is 0 Å². The molecule has 0 bridgehead atoms. The molecule has 0 saturated carbocycles. The Bertz CT molecular complexity index is 1010. The summed E-state index contributed by atoms with van der Waals surface area (Å²) in [4.78, 5) is 16.7. The van der Waals surface area contributed by atoms with Crippen molar-refractivity contribution in [2.75, 3.05) is 5.32 Å². The van der Waals surface area contributed by atoms with Gasteiger partial charge in [-0.15, -0.1) is 0 Å². The number of nitrogens with one attached hydrogen (secondary N) is 2. The van der Waals surface area contributed by atoms with Crippen molar-refractivity contribution in [1.82, 2.24) is 15.2 Å². The molecule has 7 nitrogen and oxygen atoms in total. The number of anilines is 1. The average molecular weight is 334 g/mol. The van der Waals surface area contributed by atoms with E-state index < -0.39 is 0 Å². The van der Waals surface area contributed by atoms with Crippen LogP contribution in [-0.4, -0.2) is 21.1 Å². The Kier molecular flexibility index (Phi) is 3.66. The number of aromatic amines is 1. The zero-order valence-corrected chi connectivity index (χ0v) is 13.3. The highest BCUT2D eigenvalue weighted by Gasteiger charge is 2.13. The molecule has 0 aliphatic rings. The van der Waals surface area contributed by atoms with Gasteiger partial charge in [-0.1, -0.05) is 6.07 Å². The minimum atomic E-state index is -0.289. The van der Waals surface area contributed by atoms with E-state index in [4.69, 9.17) is 8.83 Å². The van der Waals surface area contributed by atoms with Crippen LogP contribution in [0.5, 0.6) is 0 Å². The van der Waals surface area contributed by atoms with Gasteiger partial charge in [0.05, 0.1) is 23.9 Å². The molecule has 124 valence electrons. The van der Waals surface area contributed by atoms with Gasteiger partial charge >= 0.3 is 0 Å². The second kappa shape index (κ2) is 6.12. The van der Waals surface area contributed by atoms with Crippen molar-refractivity contribution < 1.29 is 13.6 Å². The molecular weight excluding hydrogens is 320 g/mol. The van der Waals surface area contributed by atoms with E-state index in [0.29, 0.717) is 23.0 Å². The summed E-state index contributed by atoms with van der Waals surface area (Å²) < 4.78 is 10.4. The third kappa shape index (κ3) is 3.07. The SMILES string of the molecule is Cc1coc(-c2cccc(NC(=O)c3cc(-c4ccoc4)n[nH]3)c2)n1. The second-order valence-corrected chi connectivity index (χ2v) is 5.51. The summed E-state index contributed by atoms with van der Waals surface area (Å²) >= 11 is 0. The highest BCUT2D eigenvalue weighted by atomic mass is 16.3. The number of benzene rings is 1. The molecule has 3 aromatic heterocycles. The number of nitrogens with zero attached hydrogens (tertiary/aromatic N) is 2. The van der Waals surface area contributed by atoms with Gasteiger partial charge in [-0.3, -0.25) is 9.89 Å². The predicted molar refractivity (Wildman–Crippen MR) is 90.9 cm³/mol. The number of hydrogen-bond acceptors (Lipinski definition) is 5. The number of H-pyrrole nitrogens is 1. The Balaban J connectivity index is 1.53. The van der Waals surface area contributed by atoms with Gasteiger partial charge < -0.3 is 14.2 Å².